The van der Waals surface area contributed by atoms with Crippen LogP contribution < -0.4 is 16.2 Å². The topological polar surface area (TPSA) is 95.2 Å². The van der Waals surface area contributed by atoms with Crippen LogP contribution in [0.2, 0.25) is 0 Å². The molecule has 140 valence electrons. The Morgan fingerprint density at radius 1 is 1.31 bits per heavy atom. The quantitative estimate of drug-likeness (QED) is 0.561. The van der Waals surface area contributed by atoms with Crippen LogP contribution in [0.4, 0.5) is 0 Å². The van der Waals surface area contributed by atoms with Crippen LogP contribution >= 0.6 is 0 Å². The monoisotopic (exact) mass is 358 g/mol. The van der Waals surface area contributed by atoms with Crippen LogP contribution in [0.5, 0.6) is 0 Å². The average molecular weight is 358 g/mol. The number of methoxy groups -OCH3 is 1. The Morgan fingerprint density at radius 3 is 2.88 bits per heavy atom. The predicted octanol–water partition coefficient (Wildman–Crippen LogP) is 1.40. The first-order valence-corrected chi connectivity index (χ1v) is 9.06. The SMILES string of the molecule is CCCC1CC(C(=O)NC(Cc2c[nH]c3ccccc23)C(=O)OC)NN1. The fraction of sp³-hybridized carbons (Fsp3) is 0.474. The minimum atomic E-state index is -0.723. The smallest absolute Gasteiger partial charge is 0.328 e. The highest BCUT2D eigenvalue weighted by atomic mass is 16.5. The molecule has 1 aliphatic heterocycles. The van der Waals surface area contributed by atoms with Crippen LogP contribution in [0.1, 0.15) is 31.7 Å². The summed E-state index contributed by atoms with van der Waals surface area (Å²) in [6.07, 6.45) is 5.02. The molecule has 1 saturated heterocycles. The van der Waals surface area contributed by atoms with Crippen molar-refractivity contribution >= 4 is 22.8 Å². The number of amides is 1. The molecule has 26 heavy (non-hydrogen) atoms. The van der Waals surface area contributed by atoms with Crippen LogP contribution in [-0.2, 0) is 20.7 Å². The first-order valence-electron chi connectivity index (χ1n) is 9.06. The highest BCUT2D eigenvalue weighted by Gasteiger charge is 2.32. The summed E-state index contributed by atoms with van der Waals surface area (Å²) in [6.45, 7) is 2.11. The summed E-state index contributed by atoms with van der Waals surface area (Å²) < 4.78 is 4.90. The molecule has 3 rings (SSSR count). The fourth-order valence-corrected chi connectivity index (χ4v) is 3.46. The molecule has 1 aromatic heterocycles. The Hall–Kier alpha value is -2.38. The molecular weight excluding hydrogens is 332 g/mol. The van der Waals surface area contributed by atoms with Gasteiger partial charge in [0.25, 0.3) is 0 Å². The highest BCUT2D eigenvalue weighted by molar-refractivity contribution is 5.89. The third kappa shape index (κ3) is 4.05. The lowest BCUT2D eigenvalue weighted by Crippen LogP contribution is -2.50. The van der Waals surface area contributed by atoms with Gasteiger partial charge in [-0.3, -0.25) is 10.2 Å². The normalized spacial score (nSPS) is 20.8. The van der Waals surface area contributed by atoms with Gasteiger partial charge in [-0.15, -0.1) is 0 Å². The summed E-state index contributed by atoms with van der Waals surface area (Å²) in [5.74, 6) is -0.633. The molecule has 3 atom stereocenters. The number of carbonyl (C=O) groups excluding carboxylic acids is 2. The maximum Gasteiger partial charge on any atom is 0.328 e. The van der Waals surface area contributed by atoms with Gasteiger partial charge >= 0.3 is 5.97 Å². The predicted molar refractivity (Wildman–Crippen MR) is 99.3 cm³/mol. The molecule has 4 N–H and O–H groups in total. The average Bonchev–Trinajstić information content (AvgIpc) is 3.28. The van der Waals surface area contributed by atoms with Crippen LogP contribution in [0.15, 0.2) is 30.5 Å². The van der Waals surface area contributed by atoms with Crippen molar-refractivity contribution in [3.63, 3.8) is 0 Å². The van der Waals surface area contributed by atoms with E-state index in [0.717, 1.165) is 29.3 Å². The molecule has 3 unspecified atom stereocenters. The number of benzene rings is 1. The molecule has 2 aromatic rings. The number of fused-ring (bicyclic) bond motifs is 1. The van der Waals surface area contributed by atoms with E-state index in [1.165, 1.54) is 7.11 Å². The second kappa shape index (κ2) is 8.33. The molecule has 2 heterocycles. The number of ether oxygens (including phenoxy) is 1. The molecule has 1 amide bonds. The number of hydrogen-bond acceptors (Lipinski definition) is 5. The van der Waals surface area contributed by atoms with E-state index >= 15 is 0 Å². The van der Waals surface area contributed by atoms with Crippen LogP contribution in [0.25, 0.3) is 10.9 Å². The maximum atomic E-state index is 12.6. The summed E-state index contributed by atoms with van der Waals surface area (Å²) in [6, 6.07) is 7.09. The second-order valence-corrected chi connectivity index (χ2v) is 6.71. The van der Waals surface area contributed by atoms with Gasteiger partial charge in [0, 0.05) is 29.6 Å². The molecule has 0 aliphatic carbocycles. The van der Waals surface area contributed by atoms with Gasteiger partial charge in [-0.05, 0) is 24.5 Å². The highest BCUT2D eigenvalue weighted by Crippen LogP contribution is 2.19. The van der Waals surface area contributed by atoms with E-state index in [1.54, 1.807) is 0 Å². The van der Waals surface area contributed by atoms with Gasteiger partial charge < -0.3 is 15.0 Å². The summed E-state index contributed by atoms with van der Waals surface area (Å²) in [5, 5.41) is 3.89. The number of aromatic nitrogens is 1. The molecule has 1 aromatic carbocycles. The van der Waals surface area contributed by atoms with Gasteiger partial charge in [0.05, 0.1) is 7.11 Å². The summed E-state index contributed by atoms with van der Waals surface area (Å²) in [7, 11) is 1.34. The lowest BCUT2D eigenvalue weighted by Gasteiger charge is -2.18. The molecular formula is C19H26N4O3. The number of rotatable bonds is 7. The largest absolute Gasteiger partial charge is 0.467 e. The number of hydrogen-bond donors (Lipinski definition) is 4. The first-order chi connectivity index (χ1) is 12.6. The van der Waals surface area contributed by atoms with Gasteiger partial charge in [-0.1, -0.05) is 31.5 Å². The molecule has 0 radical (unpaired) electrons. The van der Waals surface area contributed by atoms with Crippen molar-refractivity contribution in [3.05, 3.63) is 36.0 Å². The number of carbonyl (C=O) groups is 2. The Kier molecular flexibility index (Phi) is 5.90. The van der Waals surface area contributed by atoms with Crippen LogP contribution in [-0.4, -0.2) is 42.1 Å². The first kappa shape index (κ1) is 18.4. The van der Waals surface area contributed by atoms with Crippen molar-refractivity contribution in [2.75, 3.05) is 7.11 Å². The number of hydrazine groups is 1. The van der Waals surface area contributed by atoms with Crippen molar-refractivity contribution in [2.24, 2.45) is 0 Å². The number of aromatic amines is 1. The van der Waals surface area contributed by atoms with Crippen molar-refractivity contribution in [1.29, 1.82) is 0 Å². The molecule has 0 saturated carbocycles. The minimum absolute atomic E-state index is 0.189. The number of para-hydroxylation sites is 1. The van der Waals surface area contributed by atoms with Crippen molar-refractivity contribution in [2.45, 2.75) is 50.7 Å². The standard InChI is InChI=1S/C19H26N4O3/c1-3-6-13-10-16(23-22-13)18(24)21-17(19(25)26-2)9-12-11-20-15-8-5-4-7-14(12)15/h4-5,7-8,11,13,16-17,20,22-23H,3,6,9-10H2,1-2H3,(H,21,24). The van der Waals surface area contributed by atoms with E-state index in [1.807, 2.05) is 30.5 Å². The van der Waals surface area contributed by atoms with Crippen molar-refractivity contribution in [3.8, 4) is 0 Å². The van der Waals surface area contributed by atoms with E-state index in [-0.39, 0.29) is 18.0 Å². The van der Waals surface area contributed by atoms with Gasteiger partial charge in [-0.2, -0.15) is 0 Å². The molecule has 0 bridgehead atoms. The summed E-state index contributed by atoms with van der Waals surface area (Å²) >= 11 is 0. The summed E-state index contributed by atoms with van der Waals surface area (Å²) in [4.78, 5) is 28.0. The van der Waals surface area contributed by atoms with Crippen molar-refractivity contribution in [1.82, 2.24) is 21.2 Å². The zero-order valence-electron chi connectivity index (χ0n) is 15.2. The van der Waals surface area contributed by atoms with Crippen LogP contribution in [0.3, 0.4) is 0 Å². The number of esters is 1. The van der Waals surface area contributed by atoms with E-state index in [2.05, 4.69) is 28.1 Å². The zero-order valence-corrected chi connectivity index (χ0v) is 15.2. The Balaban J connectivity index is 1.69. The third-order valence-electron chi connectivity index (χ3n) is 4.84. The van der Waals surface area contributed by atoms with Crippen LogP contribution in [0, 0.1) is 0 Å². The van der Waals surface area contributed by atoms with Gasteiger partial charge in [0.1, 0.15) is 12.1 Å². The van der Waals surface area contributed by atoms with Crippen molar-refractivity contribution < 1.29 is 14.3 Å². The lowest BCUT2D eigenvalue weighted by atomic mass is 10.0. The molecule has 7 nitrogen and oxygen atoms in total. The lowest BCUT2D eigenvalue weighted by molar-refractivity contribution is -0.145. The molecule has 1 fully saturated rings. The Bertz CT molecular complexity index is 773. The van der Waals surface area contributed by atoms with E-state index in [0.29, 0.717) is 12.8 Å². The van der Waals surface area contributed by atoms with E-state index in [9.17, 15) is 9.59 Å². The molecule has 7 heteroatoms. The Labute approximate surface area is 152 Å². The van der Waals surface area contributed by atoms with Gasteiger partial charge in [0.15, 0.2) is 0 Å². The van der Waals surface area contributed by atoms with E-state index < -0.39 is 12.0 Å². The minimum Gasteiger partial charge on any atom is -0.467 e. The Morgan fingerprint density at radius 2 is 2.12 bits per heavy atom. The number of H-pyrrole nitrogens is 1. The molecule has 0 spiro atoms. The van der Waals surface area contributed by atoms with E-state index in [4.69, 9.17) is 4.74 Å². The zero-order chi connectivity index (χ0) is 18.5. The fourth-order valence-electron chi connectivity index (χ4n) is 3.46. The second-order valence-electron chi connectivity index (χ2n) is 6.71. The van der Waals surface area contributed by atoms with Gasteiger partial charge in [-0.25, -0.2) is 10.2 Å². The number of nitrogens with one attached hydrogen (secondary N) is 4. The van der Waals surface area contributed by atoms with Gasteiger partial charge in [0.2, 0.25) is 5.91 Å². The molecule has 1 aliphatic rings. The maximum absolute atomic E-state index is 12.6. The summed E-state index contributed by atoms with van der Waals surface area (Å²) in [5.41, 5.74) is 8.14. The third-order valence-corrected chi connectivity index (χ3v) is 4.84.